The van der Waals surface area contributed by atoms with Gasteiger partial charge in [-0.15, -0.1) is 0 Å². The average molecular weight is 241 g/mol. The highest BCUT2D eigenvalue weighted by Crippen LogP contribution is 2.27. The number of aliphatic hydroxyl groups is 1. The molecular weight excluding hydrogens is 231 g/mol. The fourth-order valence-electron chi connectivity index (χ4n) is 1.62. The Balaban J connectivity index is 2.57. The molecule has 8 heteroatoms. The van der Waals surface area contributed by atoms with Crippen LogP contribution >= 0.6 is 0 Å². The highest BCUT2D eigenvalue weighted by atomic mass is 19.4. The number of carbonyl (C=O) groups is 2. The first-order chi connectivity index (χ1) is 7.21. The van der Waals surface area contributed by atoms with Gasteiger partial charge in [-0.25, -0.2) is 0 Å². The zero-order valence-corrected chi connectivity index (χ0v) is 7.99. The van der Waals surface area contributed by atoms with Crippen molar-refractivity contribution in [1.82, 2.24) is 5.32 Å². The molecule has 1 saturated carbocycles. The third-order valence-electron chi connectivity index (χ3n) is 2.45. The Kier molecular flexibility index (Phi) is 3.41. The number of alkyl halides is 3. The van der Waals surface area contributed by atoms with E-state index < -0.39 is 36.1 Å². The van der Waals surface area contributed by atoms with E-state index in [0.29, 0.717) is 0 Å². The topological polar surface area (TPSA) is 86.6 Å². The lowest BCUT2D eigenvalue weighted by molar-refractivity contribution is -0.175. The lowest BCUT2D eigenvalue weighted by Crippen LogP contribution is -2.46. The number of nitrogens with one attached hydrogen (secondary N) is 1. The van der Waals surface area contributed by atoms with Crippen LogP contribution in [0.1, 0.15) is 12.8 Å². The zero-order chi connectivity index (χ0) is 12.5. The number of rotatable bonds is 2. The SMILES string of the molecule is O=C(O)[C@@H]1C[C@@H](O)[C@H](NC(=O)C(F)(F)F)C1. The molecule has 0 saturated heterocycles. The number of hydrogen-bond donors (Lipinski definition) is 3. The van der Waals surface area contributed by atoms with E-state index in [9.17, 15) is 27.9 Å². The Hall–Kier alpha value is -1.31. The third-order valence-corrected chi connectivity index (χ3v) is 2.45. The number of aliphatic hydroxyl groups excluding tert-OH is 1. The van der Waals surface area contributed by atoms with Gasteiger partial charge in [-0.3, -0.25) is 9.59 Å². The van der Waals surface area contributed by atoms with Crippen molar-refractivity contribution in [3.63, 3.8) is 0 Å². The Morgan fingerprint density at radius 2 is 1.81 bits per heavy atom. The van der Waals surface area contributed by atoms with Crippen molar-refractivity contribution in [3.05, 3.63) is 0 Å². The lowest BCUT2D eigenvalue weighted by Gasteiger charge is -2.17. The van der Waals surface area contributed by atoms with E-state index in [2.05, 4.69) is 0 Å². The molecule has 1 aliphatic carbocycles. The van der Waals surface area contributed by atoms with Gasteiger partial charge in [0.05, 0.1) is 18.1 Å². The Bertz CT molecular complexity index is 304. The van der Waals surface area contributed by atoms with Crippen LogP contribution in [0, 0.1) is 5.92 Å². The van der Waals surface area contributed by atoms with Crippen molar-refractivity contribution >= 4 is 11.9 Å². The third kappa shape index (κ3) is 2.84. The van der Waals surface area contributed by atoms with Gasteiger partial charge in [-0.05, 0) is 12.8 Å². The summed E-state index contributed by atoms with van der Waals surface area (Å²) in [5.74, 6) is -4.28. The molecule has 0 unspecified atom stereocenters. The molecule has 0 aliphatic heterocycles. The van der Waals surface area contributed by atoms with Gasteiger partial charge < -0.3 is 15.5 Å². The summed E-state index contributed by atoms with van der Waals surface area (Å²) in [7, 11) is 0. The summed E-state index contributed by atoms with van der Waals surface area (Å²) in [6.45, 7) is 0. The molecule has 92 valence electrons. The highest BCUT2D eigenvalue weighted by molar-refractivity contribution is 5.82. The van der Waals surface area contributed by atoms with Crippen molar-refractivity contribution in [3.8, 4) is 0 Å². The molecule has 1 rings (SSSR count). The van der Waals surface area contributed by atoms with E-state index in [1.54, 1.807) is 5.32 Å². The molecule has 1 aliphatic rings. The van der Waals surface area contributed by atoms with Gasteiger partial charge in [-0.1, -0.05) is 0 Å². The number of carboxylic acids is 1. The minimum atomic E-state index is -5.03. The summed E-state index contributed by atoms with van der Waals surface area (Å²) in [5, 5.41) is 19.5. The molecule has 1 fully saturated rings. The van der Waals surface area contributed by atoms with Crippen LogP contribution in [-0.2, 0) is 9.59 Å². The minimum absolute atomic E-state index is 0.155. The Morgan fingerprint density at radius 1 is 1.25 bits per heavy atom. The molecular formula is C8H10F3NO4. The van der Waals surface area contributed by atoms with Crippen LogP contribution in [-0.4, -0.2) is 40.4 Å². The van der Waals surface area contributed by atoms with Gasteiger partial charge in [0.2, 0.25) is 0 Å². The molecule has 0 aromatic heterocycles. The van der Waals surface area contributed by atoms with Crippen LogP contribution in [0.4, 0.5) is 13.2 Å². The molecule has 0 heterocycles. The predicted octanol–water partition coefficient (Wildman–Crippen LogP) is -0.111. The fourth-order valence-corrected chi connectivity index (χ4v) is 1.62. The second kappa shape index (κ2) is 4.28. The fraction of sp³-hybridized carbons (Fsp3) is 0.750. The van der Waals surface area contributed by atoms with E-state index in [-0.39, 0.29) is 12.8 Å². The highest BCUT2D eigenvalue weighted by Gasteiger charge is 2.44. The molecule has 16 heavy (non-hydrogen) atoms. The summed E-state index contributed by atoms with van der Waals surface area (Å²) in [4.78, 5) is 21.1. The van der Waals surface area contributed by atoms with Gasteiger partial charge >= 0.3 is 18.1 Å². The Morgan fingerprint density at radius 3 is 2.19 bits per heavy atom. The van der Waals surface area contributed by atoms with Gasteiger partial charge in [0.15, 0.2) is 0 Å². The number of amides is 1. The molecule has 0 radical (unpaired) electrons. The average Bonchev–Trinajstić information content (AvgIpc) is 2.46. The lowest BCUT2D eigenvalue weighted by atomic mass is 10.1. The summed E-state index contributed by atoms with van der Waals surface area (Å²) in [6.07, 6.45) is -6.63. The van der Waals surface area contributed by atoms with E-state index in [4.69, 9.17) is 5.11 Å². The number of carbonyl (C=O) groups excluding carboxylic acids is 1. The smallest absolute Gasteiger partial charge is 0.471 e. The molecule has 1 amide bonds. The maximum Gasteiger partial charge on any atom is 0.471 e. The summed E-state index contributed by atoms with van der Waals surface area (Å²) in [6, 6.07) is -1.16. The van der Waals surface area contributed by atoms with Crippen LogP contribution in [0.15, 0.2) is 0 Å². The Labute approximate surface area is 88.2 Å². The summed E-state index contributed by atoms with van der Waals surface area (Å²) < 4.78 is 35.6. The minimum Gasteiger partial charge on any atom is -0.481 e. The second-order valence-electron chi connectivity index (χ2n) is 3.65. The van der Waals surface area contributed by atoms with Crippen LogP contribution in [0.3, 0.4) is 0 Å². The van der Waals surface area contributed by atoms with E-state index in [1.165, 1.54) is 0 Å². The van der Waals surface area contributed by atoms with E-state index in [0.717, 1.165) is 0 Å². The summed E-state index contributed by atoms with van der Waals surface area (Å²) in [5.41, 5.74) is 0. The number of hydrogen-bond acceptors (Lipinski definition) is 3. The number of halogens is 3. The first-order valence-corrected chi connectivity index (χ1v) is 4.50. The second-order valence-corrected chi connectivity index (χ2v) is 3.65. The normalized spacial score (nSPS) is 30.1. The van der Waals surface area contributed by atoms with Crippen LogP contribution in [0.5, 0.6) is 0 Å². The quantitative estimate of drug-likeness (QED) is 0.629. The van der Waals surface area contributed by atoms with Crippen molar-refractivity contribution in [2.24, 2.45) is 5.92 Å². The standard InChI is InChI=1S/C8H10F3NO4/c9-8(10,11)7(16)12-4-1-3(6(14)15)2-5(4)13/h3-5,13H,1-2H2,(H,12,16)(H,14,15)/t3-,4+,5+/m0/s1. The molecule has 3 N–H and O–H groups in total. The molecule has 0 spiro atoms. The first-order valence-electron chi connectivity index (χ1n) is 4.50. The largest absolute Gasteiger partial charge is 0.481 e. The van der Waals surface area contributed by atoms with E-state index >= 15 is 0 Å². The molecule has 5 nitrogen and oxygen atoms in total. The van der Waals surface area contributed by atoms with Gasteiger partial charge in [0.25, 0.3) is 0 Å². The van der Waals surface area contributed by atoms with Crippen LogP contribution < -0.4 is 5.32 Å². The number of aliphatic carboxylic acids is 1. The molecule has 0 aromatic carbocycles. The first kappa shape index (κ1) is 12.8. The van der Waals surface area contributed by atoms with Gasteiger partial charge in [0, 0.05) is 0 Å². The monoisotopic (exact) mass is 241 g/mol. The van der Waals surface area contributed by atoms with Crippen molar-refractivity contribution in [2.45, 2.75) is 31.2 Å². The van der Waals surface area contributed by atoms with Crippen LogP contribution in [0.25, 0.3) is 0 Å². The molecule has 3 atom stereocenters. The van der Waals surface area contributed by atoms with Crippen LogP contribution in [0.2, 0.25) is 0 Å². The van der Waals surface area contributed by atoms with Crippen molar-refractivity contribution in [1.29, 1.82) is 0 Å². The predicted molar refractivity (Wildman–Crippen MR) is 44.4 cm³/mol. The van der Waals surface area contributed by atoms with E-state index in [1.807, 2.05) is 0 Å². The number of carboxylic acid groups (broad SMARTS) is 1. The molecule has 0 aromatic rings. The zero-order valence-electron chi connectivity index (χ0n) is 7.99. The molecule has 0 bridgehead atoms. The maximum atomic E-state index is 11.9. The summed E-state index contributed by atoms with van der Waals surface area (Å²) >= 11 is 0. The van der Waals surface area contributed by atoms with Crippen molar-refractivity contribution < 1.29 is 33.0 Å². The van der Waals surface area contributed by atoms with Gasteiger partial charge in [0.1, 0.15) is 0 Å². The maximum absolute atomic E-state index is 11.9. The van der Waals surface area contributed by atoms with Gasteiger partial charge in [-0.2, -0.15) is 13.2 Å². The van der Waals surface area contributed by atoms with Crippen molar-refractivity contribution in [2.75, 3.05) is 0 Å².